The number of nitrogens with one attached hydrogen (secondary N) is 1. The van der Waals surface area contributed by atoms with Gasteiger partial charge in [0, 0.05) is 12.6 Å². The summed E-state index contributed by atoms with van der Waals surface area (Å²) in [5.41, 5.74) is 0.0612. The number of carbonyl (C=O) groups is 1. The maximum Gasteiger partial charge on any atom is 0.254 e. The molecule has 1 rings (SSSR count). The molecule has 0 radical (unpaired) electrons. The molecule has 0 aliphatic carbocycles. The number of amides is 1. The summed E-state index contributed by atoms with van der Waals surface area (Å²) < 4.78 is 13.1. The number of carbonyl (C=O) groups excluding carboxylic acids is 1. The van der Waals surface area contributed by atoms with Gasteiger partial charge in [0.2, 0.25) is 0 Å². The summed E-state index contributed by atoms with van der Waals surface area (Å²) >= 11 is 5.81. The molecule has 0 saturated carbocycles. The Morgan fingerprint density at radius 1 is 1.53 bits per heavy atom. The zero-order valence-corrected chi connectivity index (χ0v) is 12.3. The van der Waals surface area contributed by atoms with Crippen molar-refractivity contribution in [2.24, 2.45) is 5.92 Å². The molecule has 0 aromatic carbocycles. The monoisotopic (exact) mass is 287 g/mol. The van der Waals surface area contributed by atoms with Crippen LogP contribution in [0.3, 0.4) is 0 Å². The molecule has 1 aromatic heterocycles. The van der Waals surface area contributed by atoms with Gasteiger partial charge in [-0.2, -0.15) is 0 Å². The van der Waals surface area contributed by atoms with Crippen molar-refractivity contribution in [3.8, 4) is 0 Å². The van der Waals surface area contributed by atoms with E-state index in [1.165, 1.54) is 0 Å². The SMILES string of the molecule is CC(C)C(CN(C)C)NC(=O)c1cc(F)cnc1Cl. The average Bonchev–Trinajstić information content (AvgIpc) is 2.30. The van der Waals surface area contributed by atoms with Crippen LogP contribution < -0.4 is 5.32 Å². The Balaban J connectivity index is 2.84. The molecular formula is C13H19ClFN3O. The van der Waals surface area contributed by atoms with Crippen molar-refractivity contribution in [1.29, 1.82) is 0 Å². The second kappa shape index (κ2) is 6.82. The molecule has 4 nitrogen and oxygen atoms in total. The van der Waals surface area contributed by atoms with Crippen LogP contribution in [0.5, 0.6) is 0 Å². The van der Waals surface area contributed by atoms with E-state index >= 15 is 0 Å². The standard InChI is InChI=1S/C13H19ClFN3O/c1-8(2)11(7-18(3)4)17-13(19)10-5-9(15)6-16-12(10)14/h5-6,8,11H,7H2,1-4H3,(H,17,19). The van der Waals surface area contributed by atoms with E-state index in [-0.39, 0.29) is 22.7 Å². The zero-order chi connectivity index (χ0) is 14.6. The van der Waals surface area contributed by atoms with Crippen LogP contribution in [-0.4, -0.2) is 42.5 Å². The minimum absolute atomic E-state index is 0.00580. The molecule has 0 aliphatic rings. The first-order valence-electron chi connectivity index (χ1n) is 6.08. The Bertz CT molecular complexity index is 452. The van der Waals surface area contributed by atoms with E-state index in [1.54, 1.807) is 0 Å². The molecule has 1 unspecified atom stereocenters. The molecule has 19 heavy (non-hydrogen) atoms. The summed E-state index contributed by atoms with van der Waals surface area (Å²) in [6, 6.07) is 1.05. The molecule has 0 spiro atoms. The quantitative estimate of drug-likeness (QED) is 0.845. The van der Waals surface area contributed by atoms with Crippen molar-refractivity contribution in [2.75, 3.05) is 20.6 Å². The summed E-state index contributed by atoms with van der Waals surface area (Å²) in [5.74, 6) is -0.729. The lowest BCUT2D eigenvalue weighted by Gasteiger charge is -2.25. The largest absolute Gasteiger partial charge is 0.348 e. The van der Waals surface area contributed by atoms with E-state index in [0.29, 0.717) is 6.54 Å². The van der Waals surface area contributed by atoms with E-state index < -0.39 is 11.7 Å². The number of pyridine rings is 1. The second-order valence-corrected chi connectivity index (χ2v) is 5.44. The normalized spacial score (nSPS) is 12.8. The lowest BCUT2D eigenvalue weighted by atomic mass is 10.0. The van der Waals surface area contributed by atoms with Gasteiger partial charge in [0.25, 0.3) is 5.91 Å². The summed E-state index contributed by atoms with van der Waals surface area (Å²) in [7, 11) is 3.86. The van der Waals surface area contributed by atoms with Crippen LogP contribution in [0.4, 0.5) is 4.39 Å². The minimum Gasteiger partial charge on any atom is -0.348 e. The first-order valence-corrected chi connectivity index (χ1v) is 6.45. The van der Waals surface area contributed by atoms with Gasteiger partial charge in [0.15, 0.2) is 0 Å². The van der Waals surface area contributed by atoms with Gasteiger partial charge in [-0.3, -0.25) is 4.79 Å². The van der Waals surface area contributed by atoms with E-state index in [4.69, 9.17) is 11.6 Å². The predicted molar refractivity (Wildman–Crippen MR) is 73.9 cm³/mol. The van der Waals surface area contributed by atoms with Gasteiger partial charge in [-0.15, -0.1) is 0 Å². The second-order valence-electron chi connectivity index (χ2n) is 5.08. The summed E-state index contributed by atoms with van der Waals surface area (Å²) in [6.45, 7) is 4.73. The van der Waals surface area contributed by atoms with E-state index in [0.717, 1.165) is 12.3 Å². The molecule has 1 amide bonds. The van der Waals surface area contributed by atoms with Crippen LogP contribution >= 0.6 is 11.6 Å². The fraction of sp³-hybridized carbons (Fsp3) is 0.538. The van der Waals surface area contributed by atoms with Crippen LogP contribution in [0.15, 0.2) is 12.3 Å². The Hall–Kier alpha value is -1.20. The number of nitrogens with zero attached hydrogens (tertiary/aromatic N) is 2. The summed E-state index contributed by atoms with van der Waals surface area (Å²) in [4.78, 5) is 17.7. The molecule has 0 aliphatic heterocycles. The van der Waals surface area contributed by atoms with Crippen LogP contribution in [0.1, 0.15) is 24.2 Å². The van der Waals surface area contributed by atoms with E-state index in [9.17, 15) is 9.18 Å². The van der Waals surface area contributed by atoms with Crippen molar-refractivity contribution in [3.63, 3.8) is 0 Å². The predicted octanol–water partition coefficient (Wildman–Crippen LogP) is 2.19. The Kier molecular flexibility index (Phi) is 5.69. The van der Waals surface area contributed by atoms with Gasteiger partial charge >= 0.3 is 0 Å². The first kappa shape index (κ1) is 15.9. The third-order valence-corrected chi connectivity index (χ3v) is 3.03. The van der Waals surface area contributed by atoms with Crippen LogP contribution in [-0.2, 0) is 0 Å². The molecule has 1 heterocycles. The fourth-order valence-electron chi connectivity index (χ4n) is 1.64. The maximum atomic E-state index is 13.1. The highest BCUT2D eigenvalue weighted by atomic mass is 35.5. The number of hydrogen-bond acceptors (Lipinski definition) is 3. The van der Waals surface area contributed by atoms with Gasteiger partial charge < -0.3 is 10.2 Å². The molecule has 0 bridgehead atoms. The van der Waals surface area contributed by atoms with Gasteiger partial charge in [-0.1, -0.05) is 25.4 Å². The molecule has 106 valence electrons. The number of likely N-dealkylation sites (N-methyl/N-ethyl adjacent to an activating group) is 1. The lowest BCUT2D eigenvalue weighted by molar-refractivity contribution is 0.0916. The van der Waals surface area contributed by atoms with E-state index in [2.05, 4.69) is 10.3 Å². The maximum absolute atomic E-state index is 13.1. The zero-order valence-electron chi connectivity index (χ0n) is 11.6. The van der Waals surface area contributed by atoms with Crippen LogP contribution in [0, 0.1) is 11.7 Å². The smallest absolute Gasteiger partial charge is 0.254 e. The van der Waals surface area contributed by atoms with Crippen molar-refractivity contribution < 1.29 is 9.18 Å². The minimum atomic E-state index is -0.580. The van der Waals surface area contributed by atoms with Gasteiger partial charge in [-0.25, -0.2) is 9.37 Å². The highest BCUT2D eigenvalue weighted by molar-refractivity contribution is 6.32. The Labute approximate surface area is 118 Å². The van der Waals surface area contributed by atoms with Crippen LogP contribution in [0.25, 0.3) is 0 Å². The molecule has 0 saturated heterocycles. The fourth-order valence-corrected chi connectivity index (χ4v) is 1.83. The molecule has 1 atom stereocenters. The summed E-state index contributed by atoms with van der Waals surface area (Å²) in [6.07, 6.45) is 0.985. The first-order chi connectivity index (χ1) is 8.81. The molecule has 1 N–H and O–H groups in total. The van der Waals surface area contributed by atoms with E-state index in [1.807, 2.05) is 32.8 Å². The molecule has 0 fully saturated rings. The molecule has 1 aromatic rings. The lowest BCUT2D eigenvalue weighted by Crippen LogP contribution is -2.45. The molecular weight excluding hydrogens is 269 g/mol. The van der Waals surface area contributed by atoms with Crippen LogP contribution in [0.2, 0.25) is 5.15 Å². The van der Waals surface area contributed by atoms with Gasteiger partial charge in [-0.05, 0) is 26.1 Å². The van der Waals surface area contributed by atoms with Gasteiger partial charge in [0.05, 0.1) is 11.8 Å². The number of aromatic nitrogens is 1. The van der Waals surface area contributed by atoms with Gasteiger partial charge in [0.1, 0.15) is 11.0 Å². The third-order valence-electron chi connectivity index (χ3n) is 2.73. The molecule has 6 heteroatoms. The average molecular weight is 288 g/mol. The number of hydrogen-bond donors (Lipinski definition) is 1. The van der Waals surface area contributed by atoms with Crippen molar-refractivity contribution in [2.45, 2.75) is 19.9 Å². The van der Waals surface area contributed by atoms with Crippen molar-refractivity contribution >= 4 is 17.5 Å². The Morgan fingerprint density at radius 2 is 2.16 bits per heavy atom. The number of rotatable bonds is 5. The number of halogens is 2. The highest BCUT2D eigenvalue weighted by Crippen LogP contribution is 2.14. The van der Waals surface area contributed by atoms with Crippen molar-refractivity contribution in [3.05, 3.63) is 28.8 Å². The Morgan fingerprint density at radius 3 is 2.68 bits per heavy atom. The summed E-state index contributed by atoms with van der Waals surface area (Å²) in [5, 5.41) is 2.87. The third kappa shape index (κ3) is 4.76. The highest BCUT2D eigenvalue weighted by Gasteiger charge is 2.20. The van der Waals surface area contributed by atoms with Crippen molar-refractivity contribution in [1.82, 2.24) is 15.2 Å². The topological polar surface area (TPSA) is 45.2 Å².